The van der Waals surface area contributed by atoms with E-state index in [1.807, 2.05) is 25.1 Å². The van der Waals surface area contributed by atoms with Gasteiger partial charge in [0.1, 0.15) is 5.75 Å². The Hall–Kier alpha value is -2.58. The van der Waals surface area contributed by atoms with Crippen LogP contribution >= 0.6 is 0 Å². The van der Waals surface area contributed by atoms with Crippen molar-refractivity contribution in [3.8, 4) is 17.6 Å². The highest BCUT2D eigenvalue weighted by Crippen LogP contribution is 2.20. The number of nitrogens with zero attached hydrogens (tertiary/aromatic N) is 2. The first-order chi connectivity index (χ1) is 10.1. The van der Waals surface area contributed by atoms with Gasteiger partial charge in [-0.15, -0.1) is 0 Å². The molecule has 0 aliphatic carbocycles. The van der Waals surface area contributed by atoms with Gasteiger partial charge in [0.25, 0.3) is 5.56 Å². The first kappa shape index (κ1) is 14.8. The number of hydrogen-bond acceptors (Lipinski definition) is 4. The molecule has 0 aliphatic heterocycles. The lowest BCUT2D eigenvalue weighted by Gasteiger charge is -2.10. The first-order valence-corrected chi connectivity index (χ1v) is 6.54. The average molecular weight is 283 g/mol. The molecule has 1 aromatic carbocycles. The summed E-state index contributed by atoms with van der Waals surface area (Å²) < 4.78 is 6.74. The number of nitrogens with two attached hydrogens (primary N) is 1. The molecule has 1 heterocycles. The molecular weight excluding hydrogens is 266 g/mol. The van der Waals surface area contributed by atoms with Gasteiger partial charge in [0.05, 0.1) is 25.9 Å². The van der Waals surface area contributed by atoms with E-state index in [-0.39, 0.29) is 5.56 Å². The summed E-state index contributed by atoms with van der Waals surface area (Å²) in [6.45, 7) is 2.48. The SMILES string of the molecule is COc1ccc(C#CCN)cc1Cn1nc(C)ccc1=O. The second kappa shape index (κ2) is 6.73. The van der Waals surface area contributed by atoms with Gasteiger partial charge in [0, 0.05) is 17.2 Å². The van der Waals surface area contributed by atoms with E-state index in [1.165, 1.54) is 10.7 Å². The van der Waals surface area contributed by atoms with Gasteiger partial charge in [-0.25, -0.2) is 4.68 Å². The molecule has 2 aromatic rings. The monoisotopic (exact) mass is 283 g/mol. The normalized spacial score (nSPS) is 9.86. The molecule has 0 atom stereocenters. The highest BCUT2D eigenvalue weighted by molar-refractivity contribution is 5.44. The zero-order valence-corrected chi connectivity index (χ0v) is 12.1. The molecule has 0 saturated carbocycles. The maximum Gasteiger partial charge on any atom is 0.267 e. The lowest BCUT2D eigenvalue weighted by atomic mass is 10.1. The Balaban J connectivity index is 2.41. The molecule has 0 amide bonds. The Morgan fingerprint density at radius 2 is 2.14 bits per heavy atom. The van der Waals surface area contributed by atoms with Crippen molar-refractivity contribution in [2.75, 3.05) is 13.7 Å². The van der Waals surface area contributed by atoms with Crippen molar-refractivity contribution in [1.29, 1.82) is 0 Å². The van der Waals surface area contributed by atoms with Gasteiger partial charge in [-0.1, -0.05) is 11.8 Å². The molecule has 2 rings (SSSR count). The van der Waals surface area contributed by atoms with Crippen molar-refractivity contribution in [3.05, 3.63) is 57.5 Å². The van der Waals surface area contributed by atoms with Crippen LogP contribution in [0.1, 0.15) is 16.8 Å². The van der Waals surface area contributed by atoms with Crippen molar-refractivity contribution in [2.45, 2.75) is 13.5 Å². The number of methoxy groups -OCH3 is 1. The largest absolute Gasteiger partial charge is 0.496 e. The Morgan fingerprint density at radius 1 is 1.33 bits per heavy atom. The van der Waals surface area contributed by atoms with Crippen LogP contribution < -0.4 is 16.0 Å². The molecular formula is C16H17N3O2. The number of aromatic nitrogens is 2. The standard InChI is InChI=1S/C16H17N3O2/c1-12-5-8-16(20)19(18-12)11-14-10-13(4-3-9-17)6-7-15(14)21-2/h5-8,10H,9,11,17H2,1-2H3. The molecule has 1 aromatic heterocycles. The number of hydrogen-bond donors (Lipinski definition) is 1. The third kappa shape index (κ3) is 3.71. The second-order valence-electron chi connectivity index (χ2n) is 4.50. The van der Waals surface area contributed by atoms with E-state index < -0.39 is 0 Å². The quantitative estimate of drug-likeness (QED) is 0.850. The van der Waals surface area contributed by atoms with Crippen LogP contribution in [-0.4, -0.2) is 23.4 Å². The van der Waals surface area contributed by atoms with Gasteiger partial charge in [-0.3, -0.25) is 4.79 Å². The molecule has 21 heavy (non-hydrogen) atoms. The minimum Gasteiger partial charge on any atom is -0.496 e. The topological polar surface area (TPSA) is 70.1 Å². The Labute approximate surface area is 123 Å². The summed E-state index contributed by atoms with van der Waals surface area (Å²) in [4.78, 5) is 11.8. The molecule has 0 unspecified atom stereocenters. The van der Waals surface area contributed by atoms with Crippen LogP contribution in [0, 0.1) is 18.8 Å². The molecule has 108 valence electrons. The molecule has 5 nitrogen and oxygen atoms in total. The van der Waals surface area contributed by atoms with E-state index in [2.05, 4.69) is 16.9 Å². The summed E-state index contributed by atoms with van der Waals surface area (Å²) in [5.41, 5.74) is 7.69. The minimum atomic E-state index is -0.152. The second-order valence-corrected chi connectivity index (χ2v) is 4.50. The zero-order chi connectivity index (χ0) is 15.2. The number of ether oxygens (including phenoxy) is 1. The summed E-state index contributed by atoms with van der Waals surface area (Å²) >= 11 is 0. The third-order valence-corrected chi connectivity index (χ3v) is 2.94. The fraction of sp³-hybridized carbons (Fsp3) is 0.250. The van der Waals surface area contributed by atoms with Crippen LogP contribution in [0.2, 0.25) is 0 Å². The third-order valence-electron chi connectivity index (χ3n) is 2.94. The molecule has 0 fully saturated rings. The van der Waals surface area contributed by atoms with E-state index in [0.717, 1.165) is 16.8 Å². The molecule has 2 N–H and O–H groups in total. The van der Waals surface area contributed by atoms with Gasteiger partial charge >= 0.3 is 0 Å². The van der Waals surface area contributed by atoms with Gasteiger partial charge in [-0.05, 0) is 31.2 Å². The van der Waals surface area contributed by atoms with E-state index in [4.69, 9.17) is 10.5 Å². The van der Waals surface area contributed by atoms with Crippen molar-refractivity contribution in [2.24, 2.45) is 5.73 Å². The maximum absolute atomic E-state index is 11.8. The minimum absolute atomic E-state index is 0.152. The number of rotatable bonds is 3. The highest BCUT2D eigenvalue weighted by Gasteiger charge is 2.07. The van der Waals surface area contributed by atoms with Gasteiger partial charge in [0.15, 0.2) is 0 Å². The molecule has 0 aliphatic rings. The summed E-state index contributed by atoms with van der Waals surface area (Å²) in [7, 11) is 1.59. The van der Waals surface area contributed by atoms with E-state index in [0.29, 0.717) is 18.8 Å². The van der Waals surface area contributed by atoms with Crippen molar-refractivity contribution in [1.82, 2.24) is 9.78 Å². The van der Waals surface area contributed by atoms with Crippen molar-refractivity contribution in [3.63, 3.8) is 0 Å². The smallest absolute Gasteiger partial charge is 0.267 e. The fourth-order valence-corrected chi connectivity index (χ4v) is 1.96. The lowest BCUT2D eigenvalue weighted by Crippen LogP contribution is -2.23. The molecule has 0 saturated heterocycles. The van der Waals surface area contributed by atoms with Gasteiger partial charge < -0.3 is 10.5 Å². The molecule has 0 radical (unpaired) electrons. The van der Waals surface area contributed by atoms with Crippen LogP contribution in [0.15, 0.2) is 35.1 Å². The van der Waals surface area contributed by atoms with Crippen LogP contribution in [-0.2, 0) is 6.54 Å². The predicted molar refractivity (Wildman–Crippen MR) is 81.3 cm³/mol. The molecule has 0 bridgehead atoms. The van der Waals surface area contributed by atoms with Crippen molar-refractivity contribution >= 4 is 0 Å². The van der Waals surface area contributed by atoms with Gasteiger partial charge in [0.2, 0.25) is 0 Å². The fourth-order valence-electron chi connectivity index (χ4n) is 1.96. The Kier molecular flexibility index (Phi) is 4.75. The van der Waals surface area contributed by atoms with Crippen molar-refractivity contribution < 1.29 is 4.74 Å². The van der Waals surface area contributed by atoms with Gasteiger partial charge in [-0.2, -0.15) is 5.10 Å². The molecule has 5 heteroatoms. The summed E-state index contributed by atoms with van der Waals surface area (Å²) in [5, 5.41) is 4.23. The van der Waals surface area contributed by atoms with E-state index in [1.54, 1.807) is 13.2 Å². The maximum atomic E-state index is 11.8. The lowest BCUT2D eigenvalue weighted by molar-refractivity contribution is 0.406. The highest BCUT2D eigenvalue weighted by atomic mass is 16.5. The van der Waals surface area contributed by atoms with E-state index in [9.17, 15) is 4.79 Å². The average Bonchev–Trinajstić information content (AvgIpc) is 2.49. The van der Waals surface area contributed by atoms with Crippen LogP contribution in [0.25, 0.3) is 0 Å². The summed E-state index contributed by atoms with van der Waals surface area (Å²) in [6.07, 6.45) is 0. The summed E-state index contributed by atoms with van der Waals surface area (Å²) in [6, 6.07) is 8.78. The Morgan fingerprint density at radius 3 is 2.86 bits per heavy atom. The number of benzene rings is 1. The first-order valence-electron chi connectivity index (χ1n) is 6.54. The van der Waals surface area contributed by atoms with Crippen LogP contribution in [0.4, 0.5) is 0 Å². The zero-order valence-electron chi connectivity index (χ0n) is 12.1. The van der Waals surface area contributed by atoms with Crippen LogP contribution in [0.5, 0.6) is 5.75 Å². The predicted octanol–water partition coefficient (Wildman–Crippen LogP) is 0.919. The van der Waals surface area contributed by atoms with E-state index >= 15 is 0 Å². The Bertz CT molecular complexity index is 754. The summed E-state index contributed by atoms with van der Waals surface area (Å²) in [5.74, 6) is 6.47. The molecule has 0 spiro atoms. The van der Waals surface area contributed by atoms with Crippen LogP contribution in [0.3, 0.4) is 0 Å². The number of aryl methyl sites for hydroxylation is 1.